The Morgan fingerprint density at radius 1 is 1.42 bits per heavy atom. The van der Waals surface area contributed by atoms with Crippen LogP contribution in [0.1, 0.15) is 21.7 Å². The van der Waals surface area contributed by atoms with Crippen molar-refractivity contribution in [1.82, 2.24) is 14.7 Å². The van der Waals surface area contributed by atoms with E-state index in [4.69, 9.17) is 5.11 Å². The van der Waals surface area contributed by atoms with E-state index in [1.165, 1.54) is 4.68 Å². The van der Waals surface area contributed by atoms with Gasteiger partial charge in [-0.2, -0.15) is 18.3 Å². The summed E-state index contributed by atoms with van der Waals surface area (Å²) in [6.07, 6.45) is -4.51. The van der Waals surface area contributed by atoms with Crippen molar-refractivity contribution in [3.8, 4) is 0 Å². The van der Waals surface area contributed by atoms with E-state index in [1.54, 1.807) is 20.9 Å². The molecule has 0 radical (unpaired) electrons. The Hall–Kier alpha value is -1.57. The number of amides is 1. The largest absolute Gasteiger partial charge is 0.406 e. The summed E-state index contributed by atoms with van der Waals surface area (Å²) >= 11 is 0. The van der Waals surface area contributed by atoms with Crippen LogP contribution in [0.25, 0.3) is 0 Å². The second kappa shape index (κ2) is 5.60. The molecule has 0 atom stereocenters. The Morgan fingerprint density at radius 3 is 2.37 bits per heavy atom. The summed E-state index contributed by atoms with van der Waals surface area (Å²) in [6.45, 7) is 0.884. The Labute approximate surface area is 108 Å². The van der Waals surface area contributed by atoms with Crippen LogP contribution in [-0.2, 0) is 7.05 Å². The number of halogens is 3. The van der Waals surface area contributed by atoms with Crippen LogP contribution in [0.4, 0.5) is 13.2 Å². The number of aliphatic hydroxyl groups is 1. The molecule has 0 unspecified atom stereocenters. The minimum absolute atomic E-state index is 0.153. The summed E-state index contributed by atoms with van der Waals surface area (Å²) in [6, 6.07) is 0. The summed E-state index contributed by atoms with van der Waals surface area (Å²) in [4.78, 5) is 12.7. The Kier molecular flexibility index (Phi) is 4.56. The highest BCUT2D eigenvalue weighted by atomic mass is 19.4. The Bertz CT molecular complexity index is 468. The van der Waals surface area contributed by atoms with Crippen LogP contribution in [-0.4, -0.2) is 51.6 Å². The van der Waals surface area contributed by atoms with Crippen LogP contribution < -0.4 is 0 Å². The first-order valence-corrected chi connectivity index (χ1v) is 5.64. The fraction of sp³-hybridized carbons (Fsp3) is 0.636. The quantitative estimate of drug-likeness (QED) is 0.895. The van der Waals surface area contributed by atoms with Gasteiger partial charge in [-0.05, 0) is 13.8 Å². The number of hydrogen-bond donors (Lipinski definition) is 1. The molecular formula is C11H16F3N3O2. The van der Waals surface area contributed by atoms with Crippen molar-refractivity contribution in [2.45, 2.75) is 20.0 Å². The van der Waals surface area contributed by atoms with E-state index in [9.17, 15) is 18.0 Å². The summed E-state index contributed by atoms with van der Waals surface area (Å²) in [7, 11) is 1.61. The predicted molar refractivity (Wildman–Crippen MR) is 61.7 cm³/mol. The van der Waals surface area contributed by atoms with E-state index in [0.29, 0.717) is 16.3 Å². The molecule has 1 rings (SSSR count). The van der Waals surface area contributed by atoms with E-state index in [1.807, 2.05) is 0 Å². The van der Waals surface area contributed by atoms with Gasteiger partial charge in [-0.15, -0.1) is 0 Å². The van der Waals surface area contributed by atoms with Gasteiger partial charge in [-0.25, -0.2) is 0 Å². The molecule has 0 aliphatic carbocycles. The first-order chi connectivity index (χ1) is 8.67. The Balaban J connectivity index is 3.06. The second-order valence-electron chi connectivity index (χ2n) is 4.23. The average Bonchev–Trinajstić information content (AvgIpc) is 2.50. The first-order valence-electron chi connectivity index (χ1n) is 5.64. The summed E-state index contributed by atoms with van der Waals surface area (Å²) < 4.78 is 38.7. The van der Waals surface area contributed by atoms with E-state index in [2.05, 4.69) is 5.10 Å². The molecule has 0 aliphatic rings. The third-order valence-electron chi connectivity index (χ3n) is 2.75. The maximum absolute atomic E-state index is 12.4. The minimum atomic E-state index is -4.51. The molecule has 108 valence electrons. The second-order valence-corrected chi connectivity index (χ2v) is 4.23. The molecule has 0 bridgehead atoms. The fourth-order valence-corrected chi connectivity index (χ4v) is 1.83. The molecule has 5 nitrogen and oxygen atoms in total. The molecule has 0 aliphatic heterocycles. The maximum atomic E-state index is 12.4. The third-order valence-corrected chi connectivity index (χ3v) is 2.75. The van der Waals surface area contributed by atoms with E-state index in [-0.39, 0.29) is 12.1 Å². The molecule has 0 fully saturated rings. The zero-order valence-electron chi connectivity index (χ0n) is 11.0. The van der Waals surface area contributed by atoms with Crippen LogP contribution in [0.2, 0.25) is 0 Å². The van der Waals surface area contributed by atoms with Gasteiger partial charge in [-0.1, -0.05) is 0 Å². The lowest BCUT2D eigenvalue weighted by Gasteiger charge is -2.23. The molecular weight excluding hydrogens is 263 g/mol. The number of aryl methyl sites for hydroxylation is 2. The molecule has 1 aromatic heterocycles. The number of alkyl halides is 3. The van der Waals surface area contributed by atoms with Gasteiger partial charge < -0.3 is 10.0 Å². The first kappa shape index (κ1) is 15.5. The number of rotatable bonds is 4. The van der Waals surface area contributed by atoms with Crippen molar-refractivity contribution < 1.29 is 23.1 Å². The van der Waals surface area contributed by atoms with Gasteiger partial charge in [0, 0.05) is 19.3 Å². The molecule has 0 aromatic carbocycles. The van der Waals surface area contributed by atoms with Crippen LogP contribution >= 0.6 is 0 Å². The number of nitrogens with zero attached hydrogens (tertiary/aromatic N) is 3. The lowest BCUT2D eigenvalue weighted by Crippen LogP contribution is -2.41. The normalized spacial score (nSPS) is 11.7. The number of aromatic nitrogens is 2. The van der Waals surface area contributed by atoms with Gasteiger partial charge in [0.1, 0.15) is 6.54 Å². The lowest BCUT2D eigenvalue weighted by molar-refractivity contribution is -0.141. The van der Waals surface area contributed by atoms with Gasteiger partial charge in [-0.3, -0.25) is 9.48 Å². The molecule has 19 heavy (non-hydrogen) atoms. The zero-order valence-corrected chi connectivity index (χ0v) is 11.0. The van der Waals surface area contributed by atoms with Gasteiger partial charge in [0.15, 0.2) is 0 Å². The SMILES string of the molecule is Cc1nn(C)c(C)c1C(=O)N(CCO)CC(F)(F)F. The highest BCUT2D eigenvalue weighted by Crippen LogP contribution is 2.20. The van der Waals surface area contributed by atoms with Gasteiger partial charge in [0.05, 0.1) is 17.9 Å². The van der Waals surface area contributed by atoms with E-state index < -0.39 is 25.2 Å². The van der Waals surface area contributed by atoms with Crippen molar-refractivity contribution in [3.63, 3.8) is 0 Å². The minimum Gasteiger partial charge on any atom is -0.395 e. The van der Waals surface area contributed by atoms with Crippen molar-refractivity contribution in [1.29, 1.82) is 0 Å². The summed E-state index contributed by atoms with van der Waals surface area (Å²) in [5.74, 6) is -0.769. The highest BCUT2D eigenvalue weighted by Gasteiger charge is 2.34. The Morgan fingerprint density at radius 2 is 2.00 bits per heavy atom. The molecule has 1 N–H and O–H groups in total. The predicted octanol–water partition coefficient (Wildman–Crippen LogP) is 1.03. The smallest absolute Gasteiger partial charge is 0.395 e. The number of carbonyl (C=O) groups is 1. The van der Waals surface area contributed by atoms with Crippen LogP contribution in [0.5, 0.6) is 0 Å². The van der Waals surface area contributed by atoms with Gasteiger partial charge >= 0.3 is 6.18 Å². The number of hydrogen-bond acceptors (Lipinski definition) is 3. The van der Waals surface area contributed by atoms with Crippen molar-refractivity contribution in [3.05, 3.63) is 17.0 Å². The number of carbonyl (C=O) groups excluding carboxylic acids is 1. The van der Waals surface area contributed by atoms with E-state index >= 15 is 0 Å². The monoisotopic (exact) mass is 279 g/mol. The average molecular weight is 279 g/mol. The molecule has 8 heteroatoms. The molecule has 0 spiro atoms. The summed E-state index contributed by atoms with van der Waals surface area (Å²) in [5.41, 5.74) is 1.02. The highest BCUT2D eigenvalue weighted by molar-refractivity contribution is 5.96. The molecule has 1 amide bonds. The fourth-order valence-electron chi connectivity index (χ4n) is 1.83. The third kappa shape index (κ3) is 3.69. The van der Waals surface area contributed by atoms with Crippen molar-refractivity contribution in [2.24, 2.45) is 7.05 Å². The molecule has 1 heterocycles. The summed E-state index contributed by atoms with van der Waals surface area (Å²) in [5, 5.41) is 12.8. The van der Waals surface area contributed by atoms with Gasteiger partial charge in [0.2, 0.25) is 0 Å². The molecule has 0 saturated heterocycles. The topological polar surface area (TPSA) is 58.4 Å². The van der Waals surface area contributed by atoms with E-state index in [0.717, 1.165) is 0 Å². The molecule has 1 aromatic rings. The maximum Gasteiger partial charge on any atom is 0.406 e. The molecule has 0 saturated carbocycles. The van der Waals surface area contributed by atoms with Crippen molar-refractivity contribution >= 4 is 5.91 Å². The lowest BCUT2D eigenvalue weighted by atomic mass is 10.1. The van der Waals surface area contributed by atoms with Crippen LogP contribution in [0, 0.1) is 13.8 Å². The zero-order chi connectivity index (χ0) is 14.8. The van der Waals surface area contributed by atoms with Gasteiger partial charge in [0.25, 0.3) is 5.91 Å². The number of aliphatic hydroxyl groups excluding tert-OH is 1. The van der Waals surface area contributed by atoms with Crippen molar-refractivity contribution in [2.75, 3.05) is 19.7 Å². The standard InChI is InChI=1S/C11H16F3N3O2/c1-7-9(8(2)16(3)15-7)10(19)17(4-5-18)6-11(12,13)14/h18H,4-6H2,1-3H3. The van der Waals surface area contributed by atoms with Crippen LogP contribution in [0.3, 0.4) is 0 Å². The van der Waals surface area contributed by atoms with Crippen LogP contribution in [0.15, 0.2) is 0 Å².